The predicted molar refractivity (Wildman–Crippen MR) is 116 cm³/mol. The molecule has 0 spiro atoms. The van der Waals surface area contributed by atoms with Crippen molar-refractivity contribution < 1.29 is 4.79 Å². The summed E-state index contributed by atoms with van der Waals surface area (Å²) in [6.07, 6.45) is 0. The van der Waals surface area contributed by atoms with Gasteiger partial charge >= 0.3 is 0 Å². The van der Waals surface area contributed by atoms with Crippen LogP contribution in [0.15, 0.2) is 102 Å². The van der Waals surface area contributed by atoms with Crippen molar-refractivity contribution in [1.29, 1.82) is 0 Å². The fraction of sp³-hybridized carbons (Fsp3) is 0.0800. The van der Waals surface area contributed by atoms with Crippen LogP contribution in [0.1, 0.15) is 21.5 Å². The van der Waals surface area contributed by atoms with Crippen molar-refractivity contribution in [2.75, 3.05) is 0 Å². The summed E-state index contributed by atoms with van der Waals surface area (Å²) in [6, 6.07) is 32.3. The van der Waals surface area contributed by atoms with E-state index in [-0.39, 0.29) is 5.91 Å². The Hall–Kier alpha value is -3.17. The first-order valence-corrected chi connectivity index (χ1v) is 10.2. The van der Waals surface area contributed by atoms with Crippen LogP contribution in [0.4, 0.5) is 0 Å². The third-order valence-corrected chi connectivity index (χ3v) is 5.55. The smallest absolute Gasteiger partial charge is 0.254 e. The highest BCUT2D eigenvalue weighted by Crippen LogP contribution is 2.26. The molecule has 0 aliphatic heterocycles. The van der Waals surface area contributed by atoms with Gasteiger partial charge in [-0.2, -0.15) is 0 Å². The van der Waals surface area contributed by atoms with Gasteiger partial charge in [0.15, 0.2) is 0 Å². The van der Waals surface area contributed by atoms with Crippen LogP contribution in [0.3, 0.4) is 0 Å². The summed E-state index contributed by atoms with van der Waals surface area (Å²) in [4.78, 5) is 16.5. The van der Waals surface area contributed by atoms with Crippen molar-refractivity contribution in [1.82, 2.24) is 4.90 Å². The molecule has 1 amide bonds. The molecule has 28 heavy (non-hydrogen) atoms. The van der Waals surface area contributed by atoms with Crippen LogP contribution in [-0.2, 0) is 13.1 Å². The van der Waals surface area contributed by atoms with Crippen molar-refractivity contribution in [3.8, 4) is 10.4 Å². The second-order valence-electron chi connectivity index (χ2n) is 6.69. The average molecular weight is 384 g/mol. The molecule has 0 bridgehead atoms. The second-order valence-corrected chi connectivity index (χ2v) is 7.64. The highest BCUT2D eigenvalue weighted by molar-refractivity contribution is 7.13. The molecule has 3 aromatic carbocycles. The van der Waals surface area contributed by atoms with Crippen LogP contribution < -0.4 is 0 Å². The molecule has 0 N–H and O–H groups in total. The lowest BCUT2D eigenvalue weighted by molar-refractivity contribution is 0.0730. The predicted octanol–water partition coefficient (Wildman–Crippen LogP) is 6.26. The van der Waals surface area contributed by atoms with Gasteiger partial charge in [-0.25, -0.2) is 0 Å². The van der Waals surface area contributed by atoms with Crippen LogP contribution in [-0.4, -0.2) is 10.8 Å². The van der Waals surface area contributed by atoms with E-state index in [9.17, 15) is 4.79 Å². The Morgan fingerprint density at radius 2 is 1.36 bits per heavy atom. The van der Waals surface area contributed by atoms with E-state index in [2.05, 4.69) is 41.8 Å². The Morgan fingerprint density at radius 3 is 1.93 bits per heavy atom. The van der Waals surface area contributed by atoms with Gasteiger partial charge in [0.2, 0.25) is 0 Å². The van der Waals surface area contributed by atoms with E-state index in [1.54, 1.807) is 11.3 Å². The summed E-state index contributed by atoms with van der Waals surface area (Å²) in [7, 11) is 0. The van der Waals surface area contributed by atoms with Crippen LogP contribution in [0.25, 0.3) is 10.4 Å². The molecule has 4 aromatic rings. The summed E-state index contributed by atoms with van der Waals surface area (Å²) in [5.74, 6) is 0.0473. The lowest BCUT2D eigenvalue weighted by Gasteiger charge is -2.23. The first-order chi connectivity index (χ1) is 13.8. The quantitative estimate of drug-likeness (QED) is 0.385. The summed E-state index contributed by atoms with van der Waals surface area (Å²) in [5.41, 5.74) is 4.06. The molecule has 0 saturated heterocycles. The fourth-order valence-corrected chi connectivity index (χ4v) is 3.96. The number of nitrogens with zero attached hydrogens (tertiary/aromatic N) is 1. The van der Waals surface area contributed by atoms with E-state index in [1.807, 2.05) is 65.6 Å². The Balaban J connectivity index is 1.63. The molecule has 1 aromatic heterocycles. The SMILES string of the molecule is O=C(c1cccc(-c2cccs2)c1)N(Cc1ccccc1)Cc1ccccc1. The van der Waals surface area contributed by atoms with E-state index in [1.165, 1.54) is 4.88 Å². The number of carbonyl (C=O) groups excluding carboxylic acids is 1. The maximum absolute atomic E-state index is 13.4. The minimum absolute atomic E-state index is 0.0473. The number of carbonyl (C=O) groups is 1. The first kappa shape index (κ1) is 18.2. The fourth-order valence-electron chi connectivity index (χ4n) is 3.24. The maximum Gasteiger partial charge on any atom is 0.254 e. The third-order valence-electron chi connectivity index (χ3n) is 4.63. The summed E-state index contributed by atoms with van der Waals surface area (Å²) >= 11 is 1.69. The number of hydrogen-bond acceptors (Lipinski definition) is 2. The van der Waals surface area contributed by atoms with Gasteiger partial charge in [-0.05, 0) is 40.3 Å². The lowest BCUT2D eigenvalue weighted by atomic mass is 10.1. The zero-order chi connectivity index (χ0) is 19.2. The Morgan fingerprint density at radius 1 is 0.714 bits per heavy atom. The topological polar surface area (TPSA) is 20.3 Å². The van der Waals surface area contributed by atoms with Crippen molar-refractivity contribution >= 4 is 17.2 Å². The van der Waals surface area contributed by atoms with E-state index in [0.29, 0.717) is 13.1 Å². The van der Waals surface area contributed by atoms with Crippen molar-refractivity contribution in [2.24, 2.45) is 0 Å². The zero-order valence-electron chi connectivity index (χ0n) is 15.5. The largest absolute Gasteiger partial charge is 0.330 e. The molecule has 0 saturated carbocycles. The Bertz CT molecular complexity index is 985. The first-order valence-electron chi connectivity index (χ1n) is 9.31. The third kappa shape index (κ3) is 4.38. The molecule has 2 nitrogen and oxygen atoms in total. The number of benzene rings is 3. The standard InChI is InChI=1S/C25H21NOS/c27-25(23-14-7-13-22(17-23)24-15-8-16-28-24)26(18-20-9-3-1-4-10-20)19-21-11-5-2-6-12-21/h1-17H,18-19H2. The van der Waals surface area contributed by atoms with E-state index in [4.69, 9.17) is 0 Å². The highest BCUT2D eigenvalue weighted by Gasteiger charge is 2.17. The Labute approximate surface area is 169 Å². The summed E-state index contributed by atoms with van der Waals surface area (Å²) < 4.78 is 0. The van der Waals surface area contributed by atoms with Crippen LogP contribution >= 0.6 is 11.3 Å². The highest BCUT2D eigenvalue weighted by atomic mass is 32.1. The van der Waals surface area contributed by atoms with E-state index >= 15 is 0 Å². The normalized spacial score (nSPS) is 10.6. The van der Waals surface area contributed by atoms with E-state index in [0.717, 1.165) is 22.3 Å². The monoisotopic (exact) mass is 383 g/mol. The lowest BCUT2D eigenvalue weighted by Crippen LogP contribution is -2.30. The van der Waals surface area contributed by atoms with Gasteiger partial charge in [0.25, 0.3) is 5.91 Å². The van der Waals surface area contributed by atoms with Crippen LogP contribution in [0, 0.1) is 0 Å². The summed E-state index contributed by atoms with van der Waals surface area (Å²) in [5, 5.41) is 2.06. The van der Waals surface area contributed by atoms with Crippen LogP contribution in [0.5, 0.6) is 0 Å². The molecule has 0 aliphatic carbocycles. The number of amides is 1. The van der Waals surface area contributed by atoms with Crippen molar-refractivity contribution in [3.05, 3.63) is 119 Å². The van der Waals surface area contributed by atoms with Gasteiger partial charge in [0, 0.05) is 23.5 Å². The molecule has 1 heterocycles. The molecule has 0 fully saturated rings. The van der Waals surface area contributed by atoms with Gasteiger partial charge < -0.3 is 4.90 Å². The second kappa shape index (κ2) is 8.68. The number of rotatable bonds is 6. The average Bonchev–Trinajstić information content (AvgIpc) is 3.29. The zero-order valence-corrected chi connectivity index (χ0v) is 16.3. The van der Waals surface area contributed by atoms with Gasteiger partial charge in [-0.1, -0.05) is 78.9 Å². The molecule has 138 valence electrons. The van der Waals surface area contributed by atoms with Crippen molar-refractivity contribution in [3.63, 3.8) is 0 Å². The maximum atomic E-state index is 13.4. The number of hydrogen-bond donors (Lipinski definition) is 0. The minimum atomic E-state index is 0.0473. The van der Waals surface area contributed by atoms with Gasteiger partial charge in [-0.15, -0.1) is 11.3 Å². The Kier molecular flexibility index (Phi) is 5.64. The van der Waals surface area contributed by atoms with Crippen molar-refractivity contribution in [2.45, 2.75) is 13.1 Å². The molecule has 0 radical (unpaired) electrons. The molecule has 0 aliphatic rings. The molecule has 0 unspecified atom stereocenters. The van der Waals surface area contributed by atoms with Gasteiger partial charge in [0.05, 0.1) is 0 Å². The molecule has 0 atom stereocenters. The molecular formula is C25H21NOS. The minimum Gasteiger partial charge on any atom is -0.330 e. The van der Waals surface area contributed by atoms with E-state index < -0.39 is 0 Å². The summed E-state index contributed by atoms with van der Waals surface area (Å²) in [6.45, 7) is 1.16. The van der Waals surface area contributed by atoms with Gasteiger partial charge in [0.1, 0.15) is 0 Å². The molecule has 4 rings (SSSR count). The molecule has 3 heteroatoms. The van der Waals surface area contributed by atoms with Gasteiger partial charge in [-0.3, -0.25) is 4.79 Å². The van der Waals surface area contributed by atoms with Crippen LogP contribution in [0.2, 0.25) is 0 Å². The number of thiophene rings is 1. The molecular weight excluding hydrogens is 362 g/mol.